The maximum atomic E-state index is 13.3. The molecule has 134 valence electrons. The molecule has 2 atom stereocenters. The number of amides is 1. The van der Waals surface area contributed by atoms with Gasteiger partial charge >= 0.3 is 0 Å². The zero-order chi connectivity index (χ0) is 18.6. The van der Waals surface area contributed by atoms with E-state index < -0.39 is 23.8 Å². The average Bonchev–Trinajstić information content (AvgIpc) is 2.56. The highest BCUT2D eigenvalue weighted by molar-refractivity contribution is 5.81. The van der Waals surface area contributed by atoms with E-state index in [2.05, 4.69) is 10.6 Å². The van der Waals surface area contributed by atoms with Gasteiger partial charge in [0.25, 0.3) is 0 Å². The number of aliphatic hydroxyl groups is 1. The third-order valence-electron chi connectivity index (χ3n) is 4.05. The van der Waals surface area contributed by atoms with Crippen LogP contribution in [0.25, 0.3) is 0 Å². The molecule has 0 heterocycles. The molecular weight excluding hydrogens is 326 g/mol. The van der Waals surface area contributed by atoms with Crippen LogP contribution in [0.4, 0.5) is 14.5 Å². The highest BCUT2D eigenvalue weighted by Crippen LogP contribution is 2.20. The molecular formula is C19H22F2N2O2. The van der Waals surface area contributed by atoms with E-state index in [4.69, 9.17) is 0 Å². The van der Waals surface area contributed by atoms with Gasteiger partial charge in [-0.2, -0.15) is 0 Å². The second-order valence-electron chi connectivity index (χ2n) is 6.09. The number of aryl methyl sites for hydroxylation is 2. The summed E-state index contributed by atoms with van der Waals surface area (Å²) in [6.45, 7) is 5.54. The second-order valence-corrected chi connectivity index (χ2v) is 6.09. The number of carbonyl (C=O) groups is 1. The molecule has 2 unspecified atom stereocenters. The molecule has 0 aromatic heterocycles. The van der Waals surface area contributed by atoms with Crippen LogP contribution in [-0.2, 0) is 4.79 Å². The first kappa shape index (κ1) is 18.9. The number of hydrogen-bond donors (Lipinski definition) is 3. The van der Waals surface area contributed by atoms with Crippen LogP contribution in [0.1, 0.15) is 29.7 Å². The molecule has 0 saturated carbocycles. The summed E-state index contributed by atoms with van der Waals surface area (Å²) < 4.78 is 26.2. The highest BCUT2D eigenvalue weighted by atomic mass is 19.2. The normalized spacial score (nSPS) is 13.2. The van der Waals surface area contributed by atoms with Gasteiger partial charge in [-0.25, -0.2) is 8.78 Å². The topological polar surface area (TPSA) is 61.4 Å². The summed E-state index contributed by atoms with van der Waals surface area (Å²) in [4.78, 5) is 12.1. The molecule has 0 fully saturated rings. The van der Waals surface area contributed by atoms with E-state index in [9.17, 15) is 18.7 Å². The lowest BCUT2D eigenvalue weighted by atomic mass is 10.0. The molecule has 0 aliphatic carbocycles. The molecule has 1 amide bonds. The third-order valence-corrected chi connectivity index (χ3v) is 4.05. The van der Waals surface area contributed by atoms with Crippen molar-refractivity contribution < 1.29 is 18.7 Å². The molecule has 3 N–H and O–H groups in total. The Balaban J connectivity index is 1.94. The molecule has 25 heavy (non-hydrogen) atoms. The minimum atomic E-state index is -1.14. The van der Waals surface area contributed by atoms with Crippen LogP contribution in [0, 0.1) is 25.5 Å². The van der Waals surface area contributed by atoms with Gasteiger partial charge in [-0.3, -0.25) is 4.79 Å². The van der Waals surface area contributed by atoms with Crippen LogP contribution in [0.5, 0.6) is 0 Å². The number of anilines is 1. The van der Waals surface area contributed by atoms with Crippen LogP contribution in [0.3, 0.4) is 0 Å². The molecule has 2 rings (SSSR count). The molecule has 2 aromatic carbocycles. The van der Waals surface area contributed by atoms with E-state index in [1.165, 1.54) is 6.07 Å². The quantitative estimate of drug-likeness (QED) is 0.751. The van der Waals surface area contributed by atoms with E-state index in [-0.39, 0.29) is 18.0 Å². The fourth-order valence-electron chi connectivity index (χ4n) is 2.63. The molecule has 2 aromatic rings. The predicted octanol–water partition coefficient (Wildman–Crippen LogP) is 3.23. The highest BCUT2D eigenvalue weighted by Gasteiger charge is 2.19. The number of aliphatic hydroxyl groups excluding tert-OH is 1. The predicted molar refractivity (Wildman–Crippen MR) is 93.3 cm³/mol. The smallest absolute Gasteiger partial charge is 0.239 e. The van der Waals surface area contributed by atoms with Crippen LogP contribution in [-0.4, -0.2) is 23.6 Å². The summed E-state index contributed by atoms with van der Waals surface area (Å²) in [5.41, 5.74) is 3.16. The van der Waals surface area contributed by atoms with Crippen molar-refractivity contribution in [2.24, 2.45) is 0 Å². The van der Waals surface area contributed by atoms with Crippen molar-refractivity contribution >= 4 is 11.6 Å². The van der Waals surface area contributed by atoms with Gasteiger partial charge < -0.3 is 15.7 Å². The van der Waals surface area contributed by atoms with Crippen molar-refractivity contribution in [2.45, 2.75) is 32.9 Å². The van der Waals surface area contributed by atoms with Crippen molar-refractivity contribution in [3.8, 4) is 0 Å². The number of rotatable bonds is 6. The fourth-order valence-corrected chi connectivity index (χ4v) is 2.63. The molecule has 0 bridgehead atoms. The Kier molecular flexibility index (Phi) is 6.09. The van der Waals surface area contributed by atoms with E-state index in [1.54, 1.807) is 6.92 Å². The number of benzene rings is 2. The van der Waals surface area contributed by atoms with E-state index in [0.717, 1.165) is 28.9 Å². The number of nitrogens with one attached hydrogen (secondary N) is 2. The first-order valence-corrected chi connectivity index (χ1v) is 8.02. The van der Waals surface area contributed by atoms with Crippen molar-refractivity contribution in [1.82, 2.24) is 5.32 Å². The standard InChI is InChI=1S/C19H22F2N2O2/c1-11-5-4-6-12(2)18(11)22-10-17(24)23-13(3)19(25)14-7-8-15(20)16(21)9-14/h4-9,13,19,22,25H,10H2,1-3H3,(H,23,24). The maximum absolute atomic E-state index is 13.3. The summed E-state index contributed by atoms with van der Waals surface area (Å²) >= 11 is 0. The fraction of sp³-hybridized carbons (Fsp3) is 0.316. The first-order chi connectivity index (χ1) is 11.8. The molecule has 0 aliphatic rings. The van der Waals surface area contributed by atoms with Gasteiger partial charge in [0.05, 0.1) is 18.7 Å². The van der Waals surface area contributed by atoms with Crippen molar-refractivity contribution in [3.63, 3.8) is 0 Å². The van der Waals surface area contributed by atoms with E-state index >= 15 is 0 Å². The zero-order valence-corrected chi connectivity index (χ0v) is 14.4. The lowest BCUT2D eigenvalue weighted by Crippen LogP contribution is -2.40. The van der Waals surface area contributed by atoms with Gasteiger partial charge in [-0.1, -0.05) is 24.3 Å². The number of carbonyl (C=O) groups excluding carboxylic acids is 1. The Labute approximate surface area is 145 Å². The minimum Gasteiger partial charge on any atom is -0.386 e. The van der Waals surface area contributed by atoms with Gasteiger partial charge in [-0.05, 0) is 49.6 Å². The van der Waals surface area contributed by atoms with Gasteiger partial charge in [0, 0.05) is 5.69 Å². The van der Waals surface area contributed by atoms with Gasteiger partial charge in [-0.15, -0.1) is 0 Å². The Morgan fingerprint density at radius 2 is 1.76 bits per heavy atom. The van der Waals surface area contributed by atoms with Crippen LogP contribution >= 0.6 is 0 Å². The lowest BCUT2D eigenvalue weighted by molar-refractivity contribution is -0.120. The van der Waals surface area contributed by atoms with E-state index in [0.29, 0.717) is 0 Å². The van der Waals surface area contributed by atoms with Crippen molar-refractivity contribution in [1.29, 1.82) is 0 Å². The number of para-hydroxylation sites is 1. The Bertz CT molecular complexity index is 745. The number of halogens is 2. The van der Waals surface area contributed by atoms with Gasteiger partial charge in [0.1, 0.15) is 0 Å². The van der Waals surface area contributed by atoms with Gasteiger partial charge in [0.2, 0.25) is 5.91 Å². The van der Waals surface area contributed by atoms with Crippen LogP contribution < -0.4 is 10.6 Å². The van der Waals surface area contributed by atoms with Crippen molar-refractivity contribution in [2.75, 3.05) is 11.9 Å². The summed E-state index contributed by atoms with van der Waals surface area (Å²) in [5.74, 6) is -2.33. The summed E-state index contributed by atoms with van der Waals surface area (Å²) in [6, 6.07) is 8.35. The molecule has 0 aliphatic heterocycles. The van der Waals surface area contributed by atoms with Gasteiger partial charge in [0.15, 0.2) is 11.6 Å². The monoisotopic (exact) mass is 348 g/mol. The molecule has 4 nitrogen and oxygen atoms in total. The summed E-state index contributed by atoms with van der Waals surface area (Å²) in [7, 11) is 0. The largest absolute Gasteiger partial charge is 0.386 e. The zero-order valence-electron chi connectivity index (χ0n) is 14.4. The molecule has 0 saturated heterocycles. The Morgan fingerprint density at radius 1 is 1.12 bits per heavy atom. The van der Waals surface area contributed by atoms with E-state index in [1.807, 2.05) is 32.0 Å². The second kappa shape index (κ2) is 8.07. The minimum absolute atomic E-state index is 0.0422. The molecule has 0 radical (unpaired) electrons. The molecule has 6 heteroatoms. The van der Waals surface area contributed by atoms with Crippen LogP contribution in [0.2, 0.25) is 0 Å². The lowest BCUT2D eigenvalue weighted by Gasteiger charge is -2.21. The van der Waals surface area contributed by atoms with Crippen molar-refractivity contribution in [3.05, 3.63) is 64.7 Å². The molecule has 0 spiro atoms. The Morgan fingerprint density at radius 3 is 2.36 bits per heavy atom. The number of hydrogen-bond acceptors (Lipinski definition) is 3. The third kappa shape index (κ3) is 4.76. The van der Waals surface area contributed by atoms with Crippen LogP contribution in [0.15, 0.2) is 36.4 Å². The first-order valence-electron chi connectivity index (χ1n) is 8.02. The SMILES string of the molecule is Cc1cccc(C)c1NCC(=O)NC(C)C(O)c1ccc(F)c(F)c1. The summed E-state index contributed by atoms with van der Waals surface area (Å²) in [5, 5.41) is 15.9. The maximum Gasteiger partial charge on any atom is 0.239 e. The summed E-state index contributed by atoms with van der Waals surface area (Å²) in [6.07, 6.45) is -1.14. The average molecular weight is 348 g/mol. The Hall–Kier alpha value is -2.47.